The number of fused-ring (bicyclic) bond motifs is 1. The smallest absolute Gasteiger partial charge is 0.270 e. The molecule has 0 aromatic carbocycles. The first-order valence-electron chi connectivity index (χ1n) is 7.67. The molecule has 2 aliphatic rings. The largest absolute Gasteiger partial charge is 0.421 e. The van der Waals surface area contributed by atoms with Crippen molar-refractivity contribution in [3.8, 4) is 0 Å². The molecule has 1 atom stereocenters. The van der Waals surface area contributed by atoms with Gasteiger partial charge in [0.15, 0.2) is 0 Å². The number of likely N-dealkylation sites (N-methyl/N-ethyl adjacent to an activating group) is 2. The number of aliphatic imine (C=N–C) groups is 1. The van der Waals surface area contributed by atoms with E-state index in [9.17, 15) is 9.59 Å². The van der Waals surface area contributed by atoms with Gasteiger partial charge < -0.3 is 0 Å². The summed E-state index contributed by atoms with van der Waals surface area (Å²) < 4.78 is 3.45. The highest BCUT2D eigenvalue weighted by molar-refractivity contribution is 6.23. The first kappa shape index (κ1) is 16.1. The molecule has 3 heterocycles. The SMILES string of the molecule is C=C(C)CN1C(=O)C2C(=NC(n3nc(C)cc3C)=[N+]2C)N(C)C1=O. The van der Waals surface area contributed by atoms with Crippen molar-refractivity contribution >= 4 is 23.7 Å². The lowest BCUT2D eigenvalue weighted by atomic mass is 10.1. The van der Waals surface area contributed by atoms with Crippen LogP contribution in [0.15, 0.2) is 23.2 Å². The van der Waals surface area contributed by atoms with Crippen molar-refractivity contribution in [2.45, 2.75) is 26.8 Å². The van der Waals surface area contributed by atoms with Crippen LogP contribution < -0.4 is 0 Å². The third-order valence-corrected chi connectivity index (χ3v) is 4.15. The molecule has 0 bridgehead atoms. The Labute approximate surface area is 140 Å². The molecule has 0 aliphatic carbocycles. The molecule has 3 amide bonds. The summed E-state index contributed by atoms with van der Waals surface area (Å²) in [6.07, 6.45) is 0. The number of rotatable bonds is 2. The van der Waals surface area contributed by atoms with Gasteiger partial charge in [-0.15, -0.1) is 9.78 Å². The van der Waals surface area contributed by atoms with Crippen LogP contribution in [-0.4, -0.2) is 74.6 Å². The van der Waals surface area contributed by atoms with Crippen LogP contribution in [0, 0.1) is 13.8 Å². The van der Waals surface area contributed by atoms with Crippen LogP contribution in [0.5, 0.6) is 0 Å². The Morgan fingerprint density at radius 3 is 2.58 bits per heavy atom. The minimum absolute atomic E-state index is 0.203. The molecule has 0 spiro atoms. The number of nitrogens with zero attached hydrogens (tertiary/aromatic N) is 6. The van der Waals surface area contributed by atoms with E-state index >= 15 is 0 Å². The quantitative estimate of drug-likeness (QED) is 0.589. The van der Waals surface area contributed by atoms with Crippen LogP contribution in [0.25, 0.3) is 0 Å². The second kappa shape index (κ2) is 5.40. The summed E-state index contributed by atoms with van der Waals surface area (Å²) in [6.45, 7) is 9.61. The molecule has 0 saturated carbocycles. The average Bonchev–Trinajstić information content (AvgIpc) is 3.00. The Bertz CT molecular complexity index is 832. The van der Waals surface area contributed by atoms with Crippen molar-refractivity contribution in [2.75, 3.05) is 20.6 Å². The number of amidine groups is 1. The molecule has 2 aliphatic heterocycles. The monoisotopic (exact) mass is 329 g/mol. The fraction of sp³-hybridized carbons (Fsp3) is 0.438. The molecule has 8 nitrogen and oxygen atoms in total. The van der Waals surface area contributed by atoms with Crippen LogP contribution in [0.1, 0.15) is 18.3 Å². The number of aryl methyl sites for hydroxylation is 2. The lowest BCUT2D eigenvalue weighted by Crippen LogP contribution is -2.62. The number of carbonyl (C=O) groups excluding carboxylic acids is 2. The Hall–Kier alpha value is -2.77. The fourth-order valence-corrected chi connectivity index (χ4v) is 3.03. The van der Waals surface area contributed by atoms with Gasteiger partial charge in [-0.1, -0.05) is 17.1 Å². The molecule has 1 unspecified atom stereocenters. The molecule has 0 N–H and O–H groups in total. The summed E-state index contributed by atoms with van der Waals surface area (Å²) in [7, 11) is 3.41. The minimum Gasteiger partial charge on any atom is -0.270 e. The lowest BCUT2D eigenvalue weighted by Gasteiger charge is -2.33. The molecule has 24 heavy (non-hydrogen) atoms. The Balaban J connectivity index is 2.08. The van der Waals surface area contributed by atoms with Crippen molar-refractivity contribution in [2.24, 2.45) is 4.99 Å². The van der Waals surface area contributed by atoms with Crippen LogP contribution in [0.3, 0.4) is 0 Å². The van der Waals surface area contributed by atoms with E-state index in [4.69, 9.17) is 0 Å². The summed E-state index contributed by atoms with van der Waals surface area (Å²) in [5, 5.41) is 4.43. The second-order valence-electron chi connectivity index (χ2n) is 6.35. The van der Waals surface area contributed by atoms with Crippen molar-refractivity contribution in [3.05, 3.63) is 29.6 Å². The summed E-state index contributed by atoms with van der Waals surface area (Å²) in [5.41, 5.74) is 2.52. The normalized spacial score (nSPS) is 20.7. The van der Waals surface area contributed by atoms with Gasteiger partial charge in [-0.25, -0.2) is 9.37 Å². The van der Waals surface area contributed by atoms with Crippen LogP contribution in [-0.2, 0) is 4.79 Å². The van der Waals surface area contributed by atoms with E-state index in [0.717, 1.165) is 17.0 Å². The zero-order valence-corrected chi connectivity index (χ0v) is 14.6. The number of hydrogen-bond acceptors (Lipinski definition) is 4. The molecule has 1 aromatic heterocycles. The molecular formula is C16H21N6O2+. The molecule has 0 radical (unpaired) electrons. The summed E-state index contributed by atoms with van der Waals surface area (Å²) in [5.74, 6) is 0.665. The highest BCUT2D eigenvalue weighted by Gasteiger charge is 2.52. The molecule has 3 rings (SSSR count). The molecule has 1 aromatic rings. The first-order valence-corrected chi connectivity index (χ1v) is 7.67. The maximum Gasteiger partial charge on any atom is 0.421 e. The van der Waals surface area contributed by atoms with Crippen LogP contribution >= 0.6 is 0 Å². The Morgan fingerprint density at radius 2 is 2.04 bits per heavy atom. The third-order valence-electron chi connectivity index (χ3n) is 4.15. The number of urea groups is 1. The highest BCUT2D eigenvalue weighted by atomic mass is 16.2. The van der Waals surface area contributed by atoms with Gasteiger partial charge in [0.2, 0.25) is 11.9 Å². The average molecular weight is 329 g/mol. The van der Waals surface area contributed by atoms with E-state index in [1.807, 2.05) is 19.9 Å². The predicted octanol–water partition coefficient (Wildman–Crippen LogP) is 0.597. The zero-order chi connectivity index (χ0) is 17.8. The van der Waals surface area contributed by atoms with Crippen LogP contribution in [0.4, 0.5) is 4.79 Å². The standard InChI is InChI=1S/C16H21N6O2/c1-9(2)8-21-14(23)12-13(20(6)16(21)24)17-15(19(12)5)22-11(4)7-10(3)18-22/h7,12H,1,8H2,2-6H3/q+1. The van der Waals surface area contributed by atoms with Gasteiger partial charge in [0.25, 0.3) is 5.91 Å². The van der Waals surface area contributed by atoms with Gasteiger partial charge in [0, 0.05) is 7.05 Å². The molecule has 1 saturated heterocycles. The van der Waals surface area contributed by atoms with E-state index < -0.39 is 6.04 Å². The highest BCUT2D eigenvalue weighted by Crippen LogP contribution is 2.20. The Kier molecular flexibility index (Phi) is 3.62. The number of aromatic nitrogens is 2. The molecule has 126 valence electrons. The van der Waals surface area contributed by atoms with Crippen molar-refractivity contribution in [1.29, 1.82) is 0 Å². The minimum atomic E-state index is -0.633. The fourth-order valence-electron chi connectivity index (χ4n) is 3.03. The second-order valence-corrected chi connectivity index (χ2v) is 6.35. The number of amides is 3. The maximum atomic E-state index is 12.8. The summed E-state index contributed by atoms with van der Waals surface area (Å²) in [6, 6.07) is 0.916. The van der Waals surface area contributed by atoms with Gasteiger partial charge in [-0.05, 0) is 26.8 Å². The number of imide groups is 1. The zero-order valence-electron chi connectivity index (χ0n) is 14.6. The summed E-state index contributed by atoms with van der Waals surface area (Å²) >= 11 is 0. The topological polar surface area (TPSA) is 73.8 Å². The van der Waals surface area contributed by atoms with Gasteiger partial charge >= 0.3 is 12.0 Å². The van der Waals surface area contributed by atoms with Gasteiger partial charge in [0.1, 0.15) is 5.69 Å². The third kappa shape index (κ3) is 2.26. The van der Waals surface area contributed by atoms with E-state index in [1.54, 1.807) is 30.3 Å². The number of carbonyl (C=O) groups is 2. The first-order chi connectivity index (χ1) is 11.2. The Morgan fingerprint density at radius 1 is 1.38 bits per heavy atom. The molecular weight excluding hydrogens is 308 g/mol. The van der Waals surface area contributed by atoms with E-state index in [2.05, 4.69) is 16.7 Å². The number of hydrogen-bond donors (Lipinski definition) is 0. The van der Waals surface area contributed by atoms with Gasteiger partial charge in [-0.2, -0.15) is 0 Å². The van der Waals surface area contributed by atoms with Crippen molar-refractivity contribution in [1.82, 2.24) is 19.6 Å². The molecule has 8 heteroatoms. The van der Waals surface area contributed by atoms with Crippen molar-refractivity contribution < 1.29 is 14.2 Å². The predicted molar refractivity (Wildman–Crippen MR) is 89.2 cm³/mol. The van der Waals surface area contributed by atoms with Gasteiger partial charge in [0.05, 0.1) is 19.3 Å². The van der Waals surface area contributed by atoms with E-state index in [0.29, 0.717) is 11.8 Å². The lowest BCUT2D eigenvalue weighted by molar-refractivity contribution is -0.507. The van der Waals surface area contributed by atoms with E-state index in [1.165, 1.54) is 9.80 Å². The van der Waals surface area contributed by atoms with E-state index in [-0.39, 0.29) is 18.5 Å². The maximum absolute atomic E-state index is 12.8. The molecule has 1 fully saturated rings. The van der Waals surface area contributed by atoms with Gasteiger partial charge in [-0.3, -0.25) is 14.6 Å². The van der Waals surface area contributed by atoms with Crippen LogP contribution in [0.2, 0.25) is 0 Å². The summed E-state index contributed by atoms with van der Waals surface area (Å²) in [4.78, 5) is 32.5. The van der Waals surface area contributed by atoms with Crippen molar-refractivity contribution in [3.63, 3.8) is 0 Å².